The van der Waals surface area contributed by atoms with E-state index >= 15 is 0 Å². The third kappa shape index (κ3) is 3.13. The number of nitrogens with zero attached hydrogens (tertiary/aromatic N) is 1. The quantitative estimate of drug-likeness (QED) is 0.590. The predicted octanol–water partition coefficient (Wildman–Crippen LogP) is 5.40. The predicted molar refractivity (Wildman–Crippen MR) is 92.0 cm³/mol. The zero-order valence-electron chi connectivity index (χ0n) is 12.1. The first-order chi connectivity index (χ1) is 10.9. The maximum Gasteiger partial charge on any atom is 0.0997 e. The summed E-state index contributed by atoms with van der Waals surface area (Å²) in [5.74, 6) is 0. The van der Waals surface area contributed by atoms with Crippen molar-refractivity contribution in [2.75, 3.05) is 0 Å². The topological polar surface area (TPSA) is 23.8 Å². The molecule has 0 fully saturated rings. The van der Waals surface area contributed by atoms with Crippen LogP contribution in [0.5, 0.6) is 0 Å². The molecule has 0 saturated carbocycles. The number of hydrogen-bond donors (Lipinski definition) is 0. The Bertz CT molecular complexity index is 822. The van der Waals surface area contributed by atoms with Gasteiger partial charge in [-0.1, -0.05) is 84.9 Å². The standard InChI is InChI=1S/C21H15N/c22-16-21-9-5-4-8-19(21)13-10-17-11-14-20(15-12-17)18-6-2-1-3-7-18/h1-15H/b13-10+. The zero-order chi connectivity index (χ0) is 15.2. The molecule has 0 unspecified atom stereocenters. The second kappa shape index (κ2) is 6.56. The van der Waals surface area contributed by atoms with Gasteiger partial charge in [0.2, 0.25) is 0 Å². The summed E-state index contributed by atoms with van der Waals surface area (Å²) >= 11 is 0. The summed E-state index contributed by atoms with van der Waals surface area (Å²) in [5, 5.41) is 9.09. The zero-order valence-corrected chi connectivity index (χ0v) is 12.1. The van der Waals surface area contributed by atoms with E-state index in [9.17, 15) is 0 Å². The van der Waals surface area contributed by atoms with Crippen LogP contribution in [0.1, 0.15) is 16.7 Å². The molecule has 3 aromatic carbocycles. The van der Waals surface area contributed by atoms with Crippen molar-refractivity contribution in [3.63, 3.8) is 0 Å². The van der Waals surface area contributed by atoms with Crippen molar-refractivity contribution < 1.29 is 0 Å². The molecule has 3 aromatic rings. The van der Waals surface area contributed by atoms with Gasteiger partial charge in [-0.15, -0.1) is 0 Å². The molecule has 0 amide bonds. The first kappa shape index (κ1) is 13.9. The van der Waals surface area contributed by atoms with Crippen molar-refractivity contribution in [2.24, 2.45) is 0 Å². The Labute approximate surface area is 130 Å². The van der Waals surface area contributed by atoms with E-state index in [0.717, 1.165) is 11.1 Å². The lowest BCUT2D eigenvalue weighted by molar-refractivity contribution is 1.47. The Balaban J connectivity index is 1.82. The Hall–Kier alpha value is -3.11. The number of hydrogen-bond acceptors (Lipinski definition) is 1. The third-order valence-electron chi connectivity index (χ3n) is 3.55. The van der Waals surface area contributed by atoms with Gasteiger partial charge in [0, 0.05) is 0 Å². The molecule has 0 atom stereocenters. The molecule has 0 bridgehead atoms. The van der Waals surface area contributed by atoms with Crippen LogP contribution in [0.2, 0.25) is 0 Å². The van der Waals surface area contributed by atoms with Crippen molar-refractivity contribution in [3.8, 4) is 17.2 Å². The maximum atomic E-state index is 9.09. The van der Waals surface area contributed by atoms with E-state index in [2.05, 4.69) is 42.5 Å². The molecule has 1 nitrogen and oxygen atoms in total. The van der Waals surface area contributed by atoms with Crippen molar-refractivity contribution >= 4 is 12.2 Å². The Morgan fingerprint density at radius 2 is 1.27 bits per heavy atom. The number of benzene rings is 3. The third-order valence-corrected chi connectivity index (χ3v) is 3.55. The van der Waals surface area contributed by atoms with Gasteiger partial charge in [0.15, 0.2) is 0 Å². The van der Waals surface area contributed by atoms with E-state index in [1.165, 1.54) is 11.1 Å². The summed E-state index contributed by atoms with van der Waals surface area (Å²) in [6, 6.07) is 28.6. The average molecular weight is 281 g/mol. The largest absolute Gasteiger partial charge is 0.192 e. The van der Waals surface area contributed by atoms with Gasteiger partial charge in [-0.25, -0.2) is 0 Å². The van der Waals surface area contributed by atoms with E-state index in [1.54, 1.807) is 0 Å². The number of nitriles is 1. The van der Waals surface area contributed by atoms with Gasteiger partial charge < -0.3 is 0 Å². The molecule has 0 N–H and O–H groups in total. The second-order valence-corrected chi connectivity index (χ2v) is 5.02. The first-order valence-electron chi connectivity index (χ1n) is 7.19. The van der Waals surface area contributed by atoms with Crippen molar-refractivity contribution in [1.82, 2.24) is 0 Å². The minimum absolute atomic E-state index is 0.694. The van der Waals surface area contributed by atoms with Crippen LogP contribution in [-0.4, -0.2) is 0 Å². The molecule has 0 saturated heterocycles. The SMILES string of the molecule is N#Cc1ccccc1/C=C/c1ccc(-c2ccccc2)cc1. The highest BCUT2D eigenvalue weighted by Gasteiger charge is 1.97. The molecule has 104 valence electrons. The van der Waals surface area contributed by atoms with E-state index in [-0.39, 0.29) is 0 Å². The average Bonchev–Trinajstić information content (AvgIpc) is 2.61. The van der Waals surface area contributed by atoms with Gasteiger partial charge in [0.05, 0.1) is 11.6 Å². The highest BCUT2D eigenvalue weighted by atomic mass is 14.2. The minimum Gasteiger partial charge on any atom is -0.192 e. The normalized spacial score (nSPS) is 10.5. The second-order valence-electron chi connectivity index (χ2n) is 5.02. The van der Waals surface area contributed by atoms with Crippen LogP contribution in [0, 0.1) is 11.3 Å². The van der Waals surface area contributed by atoms with Crippen LogP contribution in [0.4, 0.5) is 0 Å². The summed E-state index contributed by atoms with van der Waals surface area (Å²) < 4.78 is 0. The van der Waals surface area contributed by atoms with Crippen LogP contribution in [-0.2, 0) is 0 Å². The summed E-state index contributed by atoms with van der Waals surface area (Å²) in [5.41, 5.74) is 5.17. The lowest BCUT2D eigenvalue weighted by Gasteiger charge is -2.02. The molecular weight excluding hydrogens is 266 g/mol. The van der Waals surface area contributed by atoms with Crippen LogP contribution in [0.25, 0.3) is 23.3 Å². The van der Waals surface area contributed by atoms with Crippen LogP contribution >= 0.6 is 0 Å². The van der Waals surface area contributed by atoms with Crippen molar-refractivity contribution in [2.45, 2.75) is 0 Å². The molecule has 22 heavy (non-hydrogen) atoms. The minimum atomic E-state index is 0.694. The van der Waals surface area contributed by atoms with Gasteiger partial charge in [-0.05, 0) is 28.3 Å². The van der Waals surface area contributed by atoms with Crippen LogP contribution < -0.4 is 0 Å². The summed E-state index contributed by atoms with van der Waals surface area (Å²) in [7, 11) is 0. The Kier molecular flexibility index (Phi) is 4.13. The Morgan fingerprint density at radius 1 is 0.636 bits per heavy atom. The summed E-state index contributed by atoms with van der Waals surface area (Å²) in [6.07, 6.45) is 4.01. The monoisotopic (exact) mass is 281 g/mol. The van der Waals surface area contributed by atoms with E-state index in [1.807, 2.05) is 54.6 Å². The fraction of sp³-hybridized carbons (Fsp3) is 0. The van der Waals surface area contributed by atoms with Gasteiger partial charge in [-0.2, -0.15) is 5.26 Å². The molecule has 0 spiro atoms. The van der Waals surface area contributed by atoms with Gasteiger partial charge in [0.1, 0.15) is 0 Å². The molecule has 0 aromatic heterocycles. The first-order valence-corrected chi connectivity index (χ1v) is 7.19. The van der Waals surface area contributed by atoms with Crippen LogP contribution in [0.3, 0.4) is 0 Å². The van der Waals surface area contributed by atoms with Crippen molar-refractivity contribution in [1.29, 1.82) is 5.26 Å². The molecule has 0 aliphatic heterocycles. The highest BCUT2D eigenvalue weighted by Crippen LogP contribution is 2.20. The highest BCUT2D eigenvalue weighted by molar-refractivity contribution is 5.74. The molecule has 1 heteroatoms. The summed E-state index contributed by atoms with van der Waals surface area (Å²) in [4.78, 5) is 0. The van der Waals surface area contributed by atoms with Gasteiger partial charge >= 0.3 is 0 Å². The number of rotatable bonds is 3. The van der Waals surface area contributed by atoms with Gasteiger partial charge in [0.25, 0.3) is 0 Å². The lowest BCUT2D eigenvalue weighted by atomic mass is 10.0. The molecule has 0 aliphatic carbocycles. The lowest BCUT2D eigenvalue weighted by Crippen LogP contribution is -1.81. The molecule has 0 radical (unpaired) electrons. The van der Waals surface area contributed by atoms with E-state index < -0.39 is 0 Å². The van der Waals surface area contributed by atoms with E-state index in [0.29, 0.717) is 5.56 Å². The molecular formula is C21H15N. The smallest absolute Gasteiger partial charge is 0.0997 e. The fourth-order valence-electron chi connectivity index (χ4n) is 2.35. The fourth-order valence-corrected chi connectivity index (χ4v) is 2.35. The molecule has 3 rings (SSSR count). The van der Waals surface area contributed by atoms with Crippen molar-refractivity contribution in [3.05, 3.63) is 95.6 Å². The van der Waals surface area contributed by atoms with Gasteiger partial charge in [-0.3, -0.25) is 0 Å². The summed E-state index contributed by atoms with van der Waals surface area (Å²) in [6.45, 7) is 0. The molecule has 0 heterocycles. The van der Waals surface area contributed by atoms with Crippen LogP contribution in [0.15, 0.2) is 78.9 Å². The van der Waals surface area contributed by atoms with E-state index in [4.69, 9.17) is 5.26 Å². The Morgan fingerprint density at radius 3 is 2.00 bits per heavy atom. The molecule has 0 aliphatic rings. The maximum absolute atomic E-state index is 9.09.